The van der Waals surface area contributed by atoms with Gasteiger partial charge in [0.15, 0.2) is 11.5 Å². The summed E-state index contributed by atoms with van der Waals surface area (Å²) in [5.41, 5.74) is -2.45. The molecule has 2 N–H and O–H groups in total. The monoisotopic (exact) mass is 523 g/mol. The minimum atomic E-state index is -5.74. The Morgan fingerprint density at radius 1 is 1.05 bits per heavy atom. The Bertz CT molecular complexity index is 1600. The van der Waals surface area contributed by atoms with Crippen molar-refractivity contribution in [3.63, 3.8) is 0 Å². The van der Waals surface area contributed by atoms with Gasteiger partial charge < -0.3 is 10.3 Å². The number of amides is 1. The Morgan fingerprint density at radius 3 is 2.43 bits per heavy atom. The molecule has 5 rings (SSSR count). The summed E-state index contributed by atoms with van der Waals surface area (Å²) < 4.78 is 79.5. The van der Waals surface area contributed by atoms with E-state index in [-0.39, 0.29) is 34.2 Å². The van der Waals surface area contributed by atoms with Crippen molar-refractivity contribution < 1.29 is 31.1 Å². The maximum absolute atomic E-state index is 13.5. The van der Waals surface area contributed by atoms with E-state index in [1.54, 1.807) is 0 Å². The number of carbonyl (C=O) groups excluding carboxylic acids is 1. The van der Waals surface area contributed by atoms with Gasteiger partial charge in [0.05, 0.1) is 17.5 Å². The maximum atomic E-state index is 13.5. The highest BCUT2D eigenvalue weighted by Crippen LogP contribution is 2.41. The molecule has 192 valence electrons. The van der Waals surface area contributed by atoms with E-state index in [0.29, 0.717) is 5.56 Å². The number of H-pyrrole nitrogens is 1. The molecule has 0 aliphatic carbocycles. The first-order valence-corrected chi connectivity index (χ1v) is 10.7. The summed E-state index contributed by atoms with van der Waals surface area (Å²) in [6.07, 6.45) is -5.84. The number of aromatic nitrogens is 6. The Kier molecular flexibility index (Phi) is 5.35. The number of halogens is 6. The lowest BCUT2D eigenvalue weighted by Gasteiger charge is -2.21. The van der Waals surface area contributed by atoms with Crippen LogP contribution in [0.4, 0.5) is 32.2 Å². The van der Waals surface area contributed by atoms with Crippen LogP contribution in [0.2, 0.25) is 0 Å². The van der Waals surface area contributed by atoms with Crippen molar-refractivity contribution in [3.05, 3.63) is 69.8 Å². The predicted molar refractivity (Wildman–Crippen MR) is 115 cm³/mol. The van der Waals surface area contributed by atoms with Gasteiger partial charge in [0, 0.05) is 6.42 Å². The molecule has 0 saturated carbocycles. The van der Waals surface area contributed by atoms with Crippen molar-refractivity contribution >= 4 is 17.4 Å². The summed E-state index contributed by atoms with van der Waals surface area (Å²) in [4.78, 5) is 40.6. The fourth-order valence-corrected chi connectivity index (χ4v) is 4.15. The van der Waals surface area contributed by atoms with Crippen LogP contribution >= 0.6 is 0 Å². The first-order chi connectivity index (χ1) is 17.3. The number of hydrogen-bond donors (Lipinski definition) is 2. The molecule has 0 bridgehead atoms. The Labute approximate surface area is 202 Å². The molecule has 4 aromatic rings. The van der Waals surface area contributed by atoms with Gasteiger partial charge >= 0.3 is 12.1 Å². The van der Waals surface area contributed by atoms with Crippen LogP contribution in [0.3, 0.4) is 0 Å². The van der Waals surface area contributed by atoms with Crippen molar-refractivity contribution in [1.82, 2.24) is 29.5 Å². The van der Waals surface area contributed by atoms with Crippen LogP contribution in [-0.2, 0) is 16.6 Å². The number of nitrogens with one attached hydrogen (secondary N) is 2. The second kappa shape index (κ2) is 8.11. The minimum Gasteiger partial charge on any atom is -0.324 e. The molecule has 3 aromatic heterocycles. The lowest BCUT2D eigenvalue weighted by Crippen LogP contribution is -2.36. The van der Waals surface area contributed by atoms with E-state index >= 15 is 0 Å². The first-order valence-electron chi connectivity index (χ1n) is 10.7. The number of nitrogens with zero attached hydrogens (tertiary/aromatic N) is 5. The molecular weight excluding hydrogens is 508 g/mol. The van der Waals surface area contributed by atoms with E-state index in [4.69, 9.17) is 0 Å². The van der Waals surface area contributed by atoms with Crippen LogP contribution in [0.5, 0.6) is 0 Å². The van der Waals surface area contributed by atoms with Gasteiger partial charge in [0.1, 0.15) is 29.1 Å². The average Bonchev–Trinajstić information content (AvgIpc) is 3.40. The summed E-state index contributed by atoms with van der Waals surface area (Å²) in [5.74, 6) is -6.30. The molecule has 1 atom stereocenters. The van der Waals surface area contributed by atoms with E-state index in [2.05, 4.69) is 30.4 Å². The third-order valence-corrected chi connectivity index (χ3v) is 6.20. The van der Waals surface area contributed by atoms with Gasteiger partial charge in [0.2, 0.25) is 5.91 Å². The molecule has 1 aromatic carbocycles. The van der Waals surface area contributed by atoms with Crippen LogP contribution in [0, 0.1) is 5.82 Å². The predicted octanol–water partition coefficient (Wildman–Crippen LogP) is 3.40. The van der Waals surface area contributed by atoms with E-state index in [1.165, 1.54) is 25.3 Å². The number of rotatable bonds is 5. The molecule has 1 aliphatic rings. The zero-order chi connectivity index (χ0) is 26.8. The van der Waals surface area contributed by atoms with Gasteiger partial charge in [-0.15, -0.1) is 0 Å². The molecule has 0 radical (unpaired) electrons. The molecule has 0 fully saturated rings. The Hall–Kier alpha value is -4.30. The van der Waals surface area contributed by atoms with Crippen molar-refractivity contribution in [2.24, 2.45) is 0 Å². The van der Waals surface area contributed by atoms with Crippen LogP contribution in [0.1, 0.15) is 30.2 Å². The zero-order valence-corrected chi connectivity index (χ0v) is 18.7. The van der Waals surface area contributed by atoms with E-state index in [1.807, 2.05) is 0 Å². The molecule has 4 heterocycles. The highest BCUT2D eigenvalue weighted by atomic mass is 19.4. The van der Waals surface area contributed by atoms with Crippen molar-refractivity contribution in [2.75, 3.05) is 5.32 Å². The highest BCUT2D eigenvalue weighted by molar-refractivity contribution is 6.07. The number of hydrogen-bond acceptors (Lipinski definition) is 6. The van der Waals surface area contributed by atoms with E-state index in [0.717, 1.165) is 23.0 Å². The largest absolute Gasteiger partial charge is 0.453 e. The molecule has 1 amide bonds. The number of aryl methyl sites for hydroxylation is 1. The fourth-order valence-electron chi connectivity index (χ4n) is 4.15. The third-order valence-electron chi connectivity index (χ3n) is 6.20. The molecule has 1 aliphatic heterocycles. The number of fused-ring (bicyclic) bond motifs is 2. The van der Waals surface area contributed by atoms with Crippen LogP contribution in [-0.4, -0.2) is 47.6 Å². The zero-order valence-electron chi connectivity index (χ0n) is 18.7. The van der Waals surface area contributed by atoms with Crippen molar-refractivity contribution in [3.8, 4) is 11.5 Å². The van der Waals surface area contributed by atoms with E-state index < -0.39 is 47.6 Å². The number of alkyl halides is 5. The standard InChI is InChI=1S/C22H15F6N7O2/c1-20(10-2-4-11(23)5-3-10)14-16(34-19(20)37)32-15(33-18(14)36)13-8-35-17(29-9-30-35)12(31-13)6-7-21(24,25)22(26,27)28/h2-5,8-9H,6-7H2,1H3,(H2,32,33,34,36,37). The second-order valence-electron chi connectivity index (χ2n) is 8.53. The lowest BCUT2D eigenvalue weighted by atomic mass is 9.78. The quantitative estimate of drug-likeness (QED) is 0.388. The number of anilines is 1. The maximum Gasteiger partial charge on any atom is 0.453 e. The molecule has 9 nitrogen and oxygen atoms in total. The molecule has 0 saturated heterocycles. The Balaban J connectivity index is 1.57. The van der Waals surface area contributed by atoms with Gasteiger partial charge in [-0.3, -0.25) is 9.59 Å². The fraction of sp³-hybridized carbons (Fsp3) is 0.273. The van der Waals surface area contributed by atoms with Gasteiger partial charge in [-0.25, -0.2) is 18.9 Å². The van der Waals surface area contributed by atoms with Gasteiger partial charge in [-0.05, 0) is 31.0 Å². The third kappa shape index (κ3) is 3.90. The van der Waals surface area contributed by atoms with Crippen molar-refractivity contribution in [1.29, 1.82) is 0 Å². The summed E-state index contributed by atoms with van der Waals surface area (Å²) >= 11 is 0. The molecule has 1 unspecified atom stereocenters. The summed E-state index contributed by atoms with van der Waals surface area (Å²) in [6.45, 7) is 1.47. The van der Waals surface area contributed by atoms with Crippen LogP contribution < -0.4 is 10.9 Å². The molecule has 37 heavy (non-hydrogen) atoms. The summed E-state index contributed by atoms with van der Waals surface area (Å²) in [5, 5.41) is 6.42. The number of carbonyl (C=O) groups is 1. The SMILES string of the molecule is CC1(c2ccc(F)cc2)C(=O)Nc2[nH]c(-c3cn4ncnc4c(CCC(F)(F)C(F)(F)F)n3)nc(=O)c21. The van der Waals surface area contributed by atoms with E-state index in [9.17, 15) is 35.9 Å². The lowest BCUT2D eigenvalue weighted by molar-refractivity contribution is -0.284. The number of aromatic amines is 1. The first kappa shape index (κ1) is 24.4. The minimum absolute atomic E-state index is 0.0162. The van der Waals surface area contributed by atoms with Crippen molar-refractivity contribution in [2.45, 2.75) is 37.3 Å². The smallest absolute Gasteiger partial charge is 0.324 e. The average molecular weight is 523 g/mol. The van der Waals surface area contributed by atoms with Gasteiger partial charge in [0.25, 0.3) is 5.56 Å². The Morgan fingerprint density at radius 2 is 1.76 bits per heavy atom. The normalized spacial score (nSPS) is 17.8. The van der Waals surface area contributed by atoms with Gasteiger partial charge in [-0.1, -0.05) is 12.1 Å². The highest BCUT2D eigenvalue weighted by Gasteiger charge is 2.56. The summed E-state index contributed by atoms with van der Waals surface area (Å²) in [6, 6.07) is 5.01. The second-order valence-corrected chi connectivity index (χ2v) is 8.53. The molecule has 15 heteroatoms. The topological polar surface area (TPSA) is 118 Å². The van der Waals surface area contributed by atoms with Crippen LogP contribution in [0.15, 0.2) is 41.6 Å². The summed E-state index contributed by atoms with van der Waals surface area (Å²) in [7, 11) is 0. The van der Waals surface area contributed by atoms with Crippen LogP contribution in [0.25, 0.3) is 17.2 Å². The molecular formula is C22H15F6N7O2. The number of benzene rings is 1. The van der Waals surface area contributed by atoms with Gasteiger partial charge in [-0.2, -0.15) is 32.0 Å². The molecule has 0 spiro atoms.